The van der Waals surface area contributed by atoms with Gasteiger partial charge in [0.05, 0.1) is 5.69 Å². The molecule has 0 spiro atoms. The van der Waals surface area contributed by atoms with Gasteiger partial charge in [0, 0.05) is 28.7 Å². The second-order valence-corrected chi connectivity index (χ2v) is 4.93. The molecule has 1 fully saturated rings. The Balaban J connectivity index is 1.86. The Bertz CT molecular complexity index is 519. The fourth-order valence-electron chi connectivity index (χ4n) is 2.01. The zero-order chi connectivity index (χ0) is 11.8. The highest BCUT2D eigenvalue weighted by atomic mass is 35.5. The predicted octanol–water partition coefficient (Wildman–Crippen LogP) is 3.22. The quantitative estimate of drug-likeness (QED) is 0.881. The number of rotatable bonds is 2. The van der Waals surface area contributed by atoms with E-state index in [9.17, 15) is 0 Å². The minimum atomic E-state index is 0.332. The molecule has 17 heavy (non-hydrogen) atoms. The van der Waals surface area contributed by atoms with Crippen molar-refractivity contribution in [3.63, 3.8) is 0 Å². The summed E-state index contributed by atoms with van der Waals surface area (Å²) in [6.07, 6.45) is 3.02. The van der Waals surface area contributed by atoms with Crippen molar-refractivity contribution in [2.75, 3.05) is 0 Å². The van der Waals surface area contributed by atoms with Gasteiger partial charge in [0.15, 0.2) is 0 Å². The zero-order valence-corrected chi connectivity index (χ0v) is 10.1. The maximum absolute atomic E-state index is 5.86. The third-order valence-electron chi connectivity index (χ3n) is 3.19. The normalized spacial score (nSPS) is 22.5. The van der Waals surface area contributed by atoms with Gasteiger partial charge in [0.25, 0.3) is 0 Å². The molecule has 0 bridgehead atoms. The lowest BCUT2D eigenvalue weighted by molar-refractivity contribution is 0.981. The van der Waals surface area contributed by atoms with E-state index in [1.54, 1.807) is 0 Å². The van der Waals surface area contributed by atoms with Gasteiger partial charge in [-0.25, -0.2) is 0 Å². The molecule has 1 heterocycles. The van der Waals surface area contributed by atoms with Crippen LogP contribution in [0.5, 0.6) is 0 Å². The molecule has 0 aliphatic heterocycles. The highest BCUT2D eigenvalue weighted by Crippen LogP contribution is 2.38. The van der Waals surface area contributed by atoms with Crippen molar-refractivity contribution in [3.05, 3.63) is 53.2 Å². The van der Waals surface area contributed by atoms with Crippen LogP contribution < -0.4 is 5.73 Å². The van der Waals surface area contributed by atoms with Crippen LogP contribution in [0, 0.1) is 0 Å². The van der Waals surface area contributed by atoms with Crippen LogP contribution in [0.15, 0.2) is 42.6 Å². The van der Waals surface area contributed by atoms with E-state index in [2.05, 4.69) is 11.1 Å². The van der Waals surface area contributed by atoms with Gasteiger partial charge < -0.3 is 5.73 Å². The lowest BCUT2D eigenvalue weighted by Crippen LogP contribution is -2.01. The fourth-order valence-corrected chi connectivity index (χ4v) is 2.14. The number of pyridine rings is 1. The molecule has 2 unspecified atom stereocenters. The second-order valence-electron chi connectivity index (χ2n) is 4.49. The zero-order valence-electron chi connectivity index (χ0n) is 9.31. The lowest BCUT2D eigenvalue weighted by atomic mass is 10.1. The van der Waals surface area contributed by atoms with Gasteiger partial charge in [-0.2, -0.15) is 0 Å². The van der Waals surface area contributed by atoms with Crippen molar-refractivity contribution >= 4 is 11.6 Å². The molecule has 3 heteroatoms. The fraction of sp³-hybridized carbons (Fsp3) is 0.214. The number of nitrogens with two attached hydrogens (primary N) is 1. The van der Waals surface area contributed by atoms with E-state index in [-0.39, 0.29) is 0 Å². The molecule has 0 radical (unpaired) electrons. The second kappa shape index (κ2) is 4.13. The Kier molecular flexibility index (Phi) is 2.61. The van der Waals surface area contributed by atoms with E-state index in [1.807, 2.05) is 36.5 Å². The molecule has 2 atom stereocenters. The Morgan fingerprint density at radius 3 is 2.35 bits per heavy atom. The third-order valence-corrected chi connectivity index (χ3v) is 3.45. The number of aromatic nitrogens is 1. The van der Waals surface area contributed by atoms with Gasteiger partial charge in [0.1, 0.15) is 0 Å². The van der Waals surface area contributed by atoms with Crippen LogP contribution in [0.1, 0.15) is 17.9 Å². The first-order valence-corrected chi connectivity index (χ1v) is 6.09. The van der Waals surface area contributed by atoms with Gasteiger partial charge in [-0.3, -0.25) is 4.98 Å². The molecule has 1 aromatic carbocycles. The summed E-state index contributed by atoms with van der Waals surface area (Å²) in [4.78, 5) is 4.48. The van der Waals surface area contributed by atoms with E-state index >= 15 is 0 Å². The van der Waals surface area contributed by atoms with Crippen molar-refractivity contribution in [1.29, 1.82) is 0 Å². The standard InChI is InChI=1S/C14H13ClN2/c15-11-4-1-9(2-5-11)14-6-3-10(8-17-14)12-7-13(12)16/h1-6,8,12-13H,7,16H2. The van der Waals surface area contributed by atoms with Crippen LogP contribution in [0.3, 0.4) is 0 Å². The van der Waals surface area contributed by atoms with Crippen LogP contribution in [0.25, 0.3) is 11.3 Å². The summed E-state index contributed by atoms with van der Waals surface area (Å²) in [5.74, 6) is 0.516. The number of halogens is 1. The van der Waals surface area contributed by atoms with Crippen LogP contribution in [0.4, 0.5) is 0 Å². The molecular weight excluding hydrogens is 232 g/mol. The summed E-state index contributed by atoms with van der Waals surface area (Å²) in [5, 5.41) is 0.745. The van der Waals surface area contributed by atoms with Gasteiger partial charge in [-0.15, -0.1) is 0 Å². The van der Waals surface area contributed by atoms with Crippen molar-refractivity contribution in [2.24, 2.45) is 5.73 Å². The van der Waals surface area contributed by atoms with Crippen LogP contribution in [-0.2, 0) is 0 Å². The molecule has 1 aliphatic carbocycles. The lowest BCUT2D eigenvalue weighted by Gasteiger charge is -2.03. The summed E-state index contributed by atoms with van der Waals surface area (Å²) >= 11 is 5.86. The summed E-state index contributed by atoms with van der Waals surface area (Å²) < 4.78 is 0. The molecule has 3 rings (SSSR count). The molecule has 1 aliphatic rings. The third kappa shape index (κ3) is 2.19. The SMILES string of the molecule is NC1CC1c1ccc(-c2ccc(Cl)cc2)nc1. The molecule has 2 aromatic rings. The predicted molar refractivity (Wildman–Crippen MR) is 70.0 cm³/mol. The molecule has 86 valence electrons. The molecule has 1 saturated carbocycles. The summed E-state index contributed by atoms with van der Waals surface area (Å²) in [6.45, 7) is 0. The molecule has 2 nitrogen and oxygen atoms in total. The van der Waals surface area contributed by atoms with Crippen LogP contribution in [0.2, 0.25) is 5.02 Å². The molecular formula is C14H13ClN2. The average molecular weight is 245 g/mol. The Hall–Kier alpha value is -1.38. The Morgan fingerprint density at radius 2 is 1.82 bits per heavy atom. The summed E-state index contributed by atoms with van der Waals surface area (Å²) in [6, 6.07) is 12.2. The van der Waals surface area contributed by atoms with Gasteiger partial charge in [-0.05, 0) is 30.2 Å². The van der Waals surface area contributed by atoms with Crippen LogP contribution in [-0.4, -0.2) is 11.0 Å². The summed E-state index contributed by atoms with van der Waals surface area (Å²) in [5.41, 5.74) is 9.12. The monoisotopic (exact) mass is 244 g/mol. The maximum atomic E-state index is 5.86. The first kappa shape index (κ1) is 10.8. The van der Waals surface area contributed by atoms with E-state index in [0.29, 0.717) is 12.0 Å². The highest BCUT2D eigenvalue weighted by molar-refractivity contribution is 6.30. The first-order valence-electron chi connectivity index (χ1n) is 5.71. The minimum absolute atomic E-state index is 0.332. The van der Waals surface area contributed by atoms with E-state index in [4.69, 9.17) is 17.3 Å². The molecule has 2 N–H and O–H groups in total. The van der Waals surface area contributed by atoms with Crippen LogP contribution >= 0.6 is 11.6 Å². The molecule has 0 amide bonds. The van der Waals surface area contributed by atoms with Crippen molar-refractivity contribution in [3.8, 4) is 11.3 Å². The van der Waals surface area contributed by atoms with Crippen molar-refractivity contribution in [1.82, 2.24) is 4.98 Å². The molecule has 1 aromatic heterocycles. The number of nitrogens with zero attached hydrogens (tertiary/aromatic N) is 1. The minimum Gasteiger partial charge on any atom is -0.327 e. The Labute approximate surface area is 105 Å². The van der Waals surface area contributed by atoms with E-state index in [0.717, 1.165) is 22.7 Å². The molecule has 0 saturated heterocycles. The number of hydrogen-bond donors (Lipinski definition) is 1. The topological polar surface area (TPSA) is 38.9 Å². The summed E-state index contributed by atoms with van der Waals surface area (Å²) in [7, 11) is 0. The number of benzene rings is 1. The van der Waals surface area contributed by atoms with Gasteiger partial charge in [0.2, 0.25) is 0 Å². The Morgan fingerprint density at radius 1 is 1.12 bits per heavy atom. The largest absolute Gasteiger partial charge is 0.327 e. The number of hydrogen-bond acceptors (Lipinski definition) is 2. The van der Waals surface area contributed by atoms with Gasteiger partial charge >= 0.3 is 0 Å². The maximum Gasteiger partial charge on any atom is 0.0702 e. The van der Waals surface area contributed by atoms with Crippen molar-refractivity contribution in [2.45, 2.75) is 18.4 Å². The van der Waals surface area contributed by atoms with Gasteiger partial charge in [-0.1, -0.05) is 29.8 Å². The average Bonchev–Trinajstić information content (AvgIpc) is 3.08. The first-order chi connectivity index (χ1) is 8.24. The smallest absolute Gasteiger partial charge is 0.0702 e. The van der Waals surface area contributed by atoms with E-state index < -0.39 is 0 Å². The highest BCUT2D eigenvalue weighted by Gasteiger charge is 2.34. The van der Waals surface area contributed by atoms with Crippen molar-refractivity contribution < 1.29 is 0 Å². The van der Waals surface area contributed by atoms with E-state index in [1.165, 1.54) is 5.56 Å².